The molecular weight excluding hydrogens is 216 g/mol. The van der Waals surface area contributed by atoms with E-state index in [2.05, 4.69) is 4.98 Å². The second kappa shape index (κ2) is 4.09. The molecule has 0 saturated heterocycles. The number of rotatable bonds is 2. The van der Waals surface area contributed by atoms with E-state index in [0.717, 1.165) is 15.4 Å². The van der Waals surface area contributed by atoms with Gasteiger partial charge in [0.1, 0.15) is 0 Å². The number of nitrogens with two attached hydrogens (primary N) is 1. The zero-order valence-electron chi connectivity index (χ0n) is 7.40. The van der Waals surface area contributed by atoms with Crippen LogP contribution in [0.2, 0.25) is 5.02 Å². The summed E-state index contributed by atoms with van der Waals surface area (Å²) in [4.78, 5) is 6.44. The first-order chi connectivity index (χ1) is 6.81. The van der Waals surface area contributed by atoms with Gasteiger partial charge in [0, 0.05) is 17.6 Å². The average molecular weight is 225 g/mol. The molecule has 0 unspecified atom stereocenters. The maximum absolute atomic E-state index is 6.02. The number of aromatic nitrogens is 1. The maximum Gasteiger partial charge on any atom is 0.0987 e. The van der Waals surface area contributed by atoms with E-state index in [1.54, 1.807) is 17.5 Å². The number of pyridine rings is 1. The lowest BCUT2D eigenvalue weighted by atomic mass is 10.3. The van der Waals surface area contributed by atoms with Crippen LogP contribution >= 0.6 is 22.9 Å². The van der Waals surface area contributed by atoms with E-state index in [1.807, 2.05) is 24.3 Å². The van der Waals surface area contributed by atoms with Crippen molar-refractivity contribution in [1.29, 1.82) is 0 Å². The minimum atomic E-state index is 0.565. The van der Waals surface area contributed by atoms with Gasteiger partial charge >= 0.3 is 0 Å². The Morgan fingerprint density at radius 2 is 2.21 bits per heavy atom. The normalized spacial score (nSPS) is 10.4. The first-order valence-corrected chi connectivity index (χ1v) is 5.40. The fourth-order valence-corrected chi connectivity index (χ4v) is 2.36. The van der Waals surface area contributed by atoms with Gasteiger partial charge in [-0.2, -0.15) is 0 Å². The van der Waals surface area contributed by atoms with Crippen molar-refractivity contribution in [1.82, 2.24) is 4.98 Å². The Balaban J connectivity index is 2.44. The summed E-state index contributed by atoms with van der Waals surface area (Å²) in [5.74, 6) is 0. The van der Waals surface area contributed by atoms with Crippen molar-refractivity contribution in [2.45, 2.75) is 6.54 Å². The van der Waals surface area contributed by atoms with Crippen LogP contribution in [-0.4, -0.2) is 4.98 Å². The first kappa shape index (κ1) is 9.65. The Morgan fingerprint density at radius 1 is 1.36 bits per heavy atom. The number of hydrogen-bond donors (Lipinski definition) is 1. The summed E-state index contributed by atoms with van der Waals surface area (Å²) in [6.07, 6.45) is 1.74. The molecular formula is C10H9ClN2S. The predicted octanol–water partition coefficient (Wildman–Crippen LogP) is 2.92. The Bertz CT molecular complexity index is 439. The lowest BCUT2D eigenvalue weighted by Gasteiger charge is -1.97. The van der Waals surface area contributed by atoms with Crippen LogP contribution in [-0.2, 0) is 6.54 Å². The average Bonchev–Trinajstić information content (AvgIpc) is 2.67. The standard InChI is InChI=1S/C10H9ClN2S/c11-8-2-1-5-13-10(8)9-4-3-7(6-12)14-9/h1-5H,6,12H2. The maximum atomic E-state index is 6.02. The van der Waals surface area contributed by atoms with E-state index in [9.17, 15) is 0 Å². The monoisotopic (exact) mass is 224 g/mol. The van der Waals surface area contributed by atoms with Gasteiger partial charge in [-0.1, -0.05) is 11.6 Å². The molecule has 0 aromatic carbocycles. The molecule has 2 nitrogen and oxygen atoms in total. The zero-order valence-corrected chi connectivity index (χ0v) is 8.98. The quantitative estimate of drug-likeness (QED) is 0.852. The zero-order chi connectivity index (χ0) is 9.97. The number of halogens is 1. The lowest BCUT2D eigenvalue weighted by molar-refractivity contribution is 1.11. The molecule has 0 amide bonds. The van der Waals surface area contributed by atoms with E-state index in [4.69, 9.17) is 17.3 Å². The molecule has 0 aliphatic rings. The van der Waals surface area contributed by atoms with Crippen LogP contribution in [0, 0.1) is 0 Å². The molecule has 0 bridgehead atoms. The molecule has 2 aromatic heterocycles. The summed E-state index contributed by atoms with van der Waals surface area (Å²) in [6, 6.07) is 7.67. The third-order valence-electron chi connectivity index (χ3n) is 1.85. The summed E-state index contributed by atoms with van der Waals surface area (Å²) in [6.45, 7) is 0.565. The van der Waals surface area contributed by atoms with Crippen LogP contribution in [0.25, 0.3) is 10.6 Å². The van der Waals surface area contributed by atoms with Crippen LogP contribution in [0.15, 0.2) is 30.5 Å². The van der Waals surface area contributed by atoms with Gasteiger partial charge in [0.25, 0.3) is 0 Å². The molecule has 0 spiro atoms. The van der Waals surface area contributed by atoms with E-state index < -0.39 is 0 Å². The fourth-order valence-electron chi connectivity index (χ4n) is 1.18. The van der Waals surface area contributed by atoms with Gasteiger partial charge in [-0.05, 0) is 24.3 Å². The van der Waals surface area contributed by atoms with Crippen LogP contribution in [0.3, 0.4) is 0 Å². The highest BCUT2D eigenvalue weighted by Gasteiger charge is 2.06. The van der Waals surface area contributed by atoms with Crippen molar-refractivity contribution in [2.75, 3.05) is 0 Å². The molecule has 4 heteroatoms. The van der Waals surface area contributed by atoms with Crippen LogP contribution in [0.5, 0.6) is 0 Å². The molecule has 0 saturated carbocycles. The van der Waals surface area contributed by atoms with Crippen LogP contribution in [0.4, 0.5) is 0 Å². The summed E-state index contributed by atoms with van der Waals surface area (Å²) in [5.41, 5.74) is 6.37. The molecule has 2 heterocycles. The Labute approximate surface area is 91.4 Å². The molecule has 2 rings (SSSR count). The molecule has 0 fully saturated rings. The largest absolute Gasteiger partial charge is 0.326 e. The predicted molar refractivity (Wildman–Crippen MR) is 60.5 cm³/mol. The van der Waals surface area contributed by atoms with E-state index >= 15 is 0 Å². The van der Waals surface area contributed by atoms with Crippen molar-refractivity contribution in [3.63, 3.8) is 0 Å². The van der Waals surface area contributed by atoms with Gasteiger partial charge in [-0.15, -0.1) is 11.3 Å². The third kappa shape index (κ3) is 1.80. The van der Waals surface area contributed by atoms with Gasteiger partial charge in [-0.25, -0.2) is 0 Å². The summed E-state index contributed by atoms with van der Waals surface area (Å²) < 4.78 is 0. The summed E-state index contributed by atoms with van der Waals surface area (Å²) in [5, 5.41) is 0.679. The highest BCUT2D eigenvalue weighted by atomic mass is 35.5. The second-order valence-corrected chi connectivity index (χ2v) is 4.38. The number of nitrogens with zero attached hydrogens (tertiary/aromatic N) is 1. The van der Waals surface area contributed by atoms with Gasteiger partial charge in [0.05, 0.1) is 15.6 Å². The highest BCUT2D eigenvalue weighted by Crippen LogP contribution is 2.30. The Kier molecular flexibility index (Phi) is 2.82. The number of thiophene rings is 1. The third-order valence-corrected chi connectivity index (χ3v) is 3.27. The minimum absolute atomic E-state index is 0.565. The molecule has 72 valence electrons. The molecule has 0 aliphatic heterocycles. The molecule has 2 N–H and O–H groups in total. The Hall–Kier alpha value is -0.900. The topological polar surface area (TPSA) is 38.9 Å². The van der Waals surface area contributed by atoms with Gasteiger partial charge in [-0.3, -0.25) is 4.98 Å². The van der Waals surface area contributed by atoms with Gasteiger partial charge in [0.2, 0.25) is 0 Å². The van der Waals surface area contributed by atoms with E-state index in [0.29, 0.717) is 11.6 Å². The van der Waals surface area contributed by atoms with Crippen molar-refractivity contribution < 1.29 is 0 Å². The van der Waals surface area contributed by atoms with E-state index in [1.165, 1.54) is 0 Å². The summed E-state index contributed by atoms with van der Waals surface area (Å²) >= 11 is 7.65. The molecule has 14 heavy (non-hydrogen) atoms. The smallest absolute Gasteiger partial charge is 0.0987 e. The minimum Gasteiger partial charge on any atom is -0.326 e. The molecule has 0 atom stereocenters. The van der Waals surface area contributed by atoms with Crippen molar-refractivity contribution >= 4 is 22.9 Å². The van der Waals surface area contributed by atoms with Crippen molar-refractivity contribution in [3.8, 4) is 10.6 Å². The van der Waals surface area contributed by atoms with Gasteiger partial charge in [0.15, 0.2) is 0 Å². The van der Waals surface area contributed by atoms with Crippen LogP contribution in [0.1, 0.15) is 4.88 Å². The van der Waals surface area contributed by atoms with Crippen molar-refractivity contribution in [2.24, 2.45) is 5.73 Å². The second-order valence-electron chi connectivity index (χ2n) is 2.80. The summed E-state index contributed by atoms with van der Waals surface area (Å²) in [7, 11) is 0. The van der Waals surface area contributed by atoms with E-state index in [-0.39, 0.29) is 0 Å². The Morgan fingerprint density at radius 3 is 2.86 bits per heavy atom. The lowest BCUT2D eigenvalue weighted by Crippen LogP contribution is -1.91. The molecule has 2 aromatic rings. The first-order valence-electron chi connectivity index (χ1n) is 4.21. The highest BCUT2D eigenvalue weighted by molar-refractivity contribution is 7.15. The van der Waals surface area contributed by atoms with Gasteiger partial charge < -0.3 is 5.73 Å². The molecule has 0 aliphatic carbocycles. The SMILES string of the molecule is NCc1ccc(-c2ncccc2Cl)s1. The van der Waals surface area contributed by atoms with Crippen LogP contribution < -0.4 is 5.73 Å². The van der Waals surface area contributed by atoms with Crippen molar-refractivity contribution in [3.05, 3.63) is 40.4 Å². The fraction of sp³-hybridized carbons (Fsp3) is 0.100. The molecule has 0 radical (unpaired) electrons. The number of hydrogen-bond acceptors (Lipinski definition) is 3.